The van der Waals surface area contributed by atoms with Crippen molar-refractivity contribution in [2.75, 3.05) is 13.1 Å². The molecule has 1 fully saturated rings. The van der Waals surface area contributed by atoms with Gasteiger partial charge in [-0.3, -0.25) is 0 Å². The number of hydrogen-bond donors (Lipinski definition) is 1. The van der Waals surface area contributed by atoms with Crippen LogP contribution in [-0.2, 0) is 17.8 Å². The van der Waals surface area contributed by atoms with Gasteiger partial charge in [0.15, 0.2) is 0 Å². The van der Waals surface area contributed by atoms with Crippen molar-refractivity contribution in [1.29, 1.82) is 0 Å². The van der Waals surface area contributed by atoms with Gasteiger partial charge in [-0.2, -0.15) is 0 Å². The van der Waals surface area contributed by atoms with E-state index < -0.39 is 0 Å². The van der Waals surface area contributed by atoms with E-state index in [1.54, 1.807) is 0 Å². The first kappa shape index (κ1) is 11.2. The minimum atomic E-state index is 0.285. The number of unbranched alkanes of at least 4 members (excludes halogenated alkanes) is 2. The highest BCUT2D eigenvalue weighted by atomic mass is 16.5. The highest BCUT2D eigenvalue weighted by Gasteiger charge is 2.36. The number of nitrogens with one attached hydrogen (secondary N) is 1. The zero-order valence-corrected chi connectivity index (χ0v) is 10.4. The van der Waals surface area contributed by atoms with Gasteiger partial charge in [0.2, 0.25) is 0 Å². The summed E-state index contributed by atoms with van der Waals surface area (Å²) in [7, 11) is 0. The molecule has 3 heterocycles. The smallest absolute Gasteiger partial charge is 0.0941 e. The van der Waals surface area contributed by atoms with Gasteiger partial charge in [-0.05, 0) is 12.8 Å². The van der Waals surface area contributed by atoms with Gasteiger partial charge in [-0.15, -0.1) is 5.10 Å². The van der Waals surface area contributed by atoms with Crippen LogP contribution in [0.1, 0.15) is 43.6 Å². The van der Waals surface area contributed by atoms with E-state index in [4.69, 9.17) is 4.74 Å². The van der Waals surface area contributed by atoms with Crippen LogP contribution in [-0.4, -0.2) is 34.2 Å². The number of fused-ring (bicyclic) bond motifs is 3. The molecule has 2 aliphatic rings. The average molecular weight is 236 g/mol. The number of rotatable bonds is 4. The molecule has 94 valence electrons. The van der Waals surface area contributed by atoms with E-state index in [2.05, 4.69) is 27.2 Å². The van der Waals surface area contributed by atoms with Gasteiger partial charge in [0.25, 0.3) is 0 Å². The topological polar surface area (TPSA) is 52.0 Å². The molecule has 5 heteroatoms. The normalized spacial score (nSPS) is 26.9. The Hall–Kier alpha value is -0.940. The molecular formula is C12H20N4O. The molecule has 1 saturated heterocycles. The molecule has 3 rings (SSSR count). The summed E-state index contributed by atoms with van der Waals surface area (Å²) in [5.74, 6) is 0. The molecule has 0 aromatic carbocycles. The van der Waals surface area contributed by atoms with Crippen molar-refractivity contribution in [2.45, 2.75) is 51.4 Å². The third kappa shape index (κ3) is 1.98. The zero-order valence-electron chi connectivity index (χ0n) is 10.4. The molecular weight excluding hydrogens is 216 g/mol. The van der Waals surface area contributed by atoms with E-state index in [-0.39, 0.29) is 6.10 Å². The summed E-state index contributed by atoms with van der Waals surface area (Å²) in [5, 5.41) is 12.0. The largest absolute Gasteiger partial charge is 0.368 e. The fourth-order valence-electron chi connectivity index (χ4n) is 2.74. The molecule has 1 aromatic rings. The Morgan fingerprint density at radius 1 is 1.41 bits per heavy atom. The summed E-state index contributed by atoms with van der Waals surface area (Å²) in [5.41, 5.74) is 2.34. The first-order chi connectivity index (χ1) is 8.40. The monoisotopic (exact) mass is 236 g/mol. The van der Waals surface area contributed by atoms with E-state index in [9.17, 15) is 0 Å². The molecule has 0 saturated carbocycles. The quantitative estimate of drug-likeness (QED) is 0.794. The number of hydrogen-bond acceptors (Lipinski definition) is 4. The lowest BCUT2D eigenvalue weighted by atomic mass is 10.1. The van der Waals surface area contributed by atoms with Crippen molar-refractivity contribution < 1.29 is 4.74 Å². The Kier molecular flexibility index (Phi) is 3.11. The van der Waals surface area contributed by atoms with Gasteiger partial charge in [0.05, 0.1) is 30.1 Å². The maximum Gasteiger partial charge on any atom is 0.0941 e. The molecule has 1 N–H and O–H groups in total. The molecule has 2 atom stereocenters. The van der Waals surface area contributed by atoms with Gasteiger partial charge in [0, 0.05) is 13.1 Å². The Balaban J connectivity index is 1.76. The van der Waals surface area contributed by atoms with Crippen LogP contribution in [0.15, 0.2) is 0 Å². The Bertz CT molecular complexity index is 390. The van der Waals surface area contributed by atoms with Gasteiger partial charge in [-0.1, -0.05) is 25.0 Å². The lowest BCUT2D eigenvalue weighted by Gasteiger charge is -2.26. The predicted molar refractivity (Wildman–Crippen MR) is 63.7 cm³/mol. The second-order valence-corrected chi connectivity index (χ2v) is 4.96. The first-order valence-corrected chi connectivity index (χ1v) is 6.65. The van der Waals surface area contributed by atoms with Crippen molar-refractivity contribution in [1.82, 2.24) is 20.3 Å². The van der Waals surface area contributed by atoms with Crippen LogP contribution in [0.4, 0.5) is 0 Å². The third-order valence-corrected chi connectivity index (χ3v) is 3.77. The second-order valence-electron chi connectivity index (χ2n) is 4.96. The van der Waals surface area contributed by atoms with Crippen LogP contribution in [0.2, 0.25) is 0 Å². The maximum atomic E-state index is 5.87. The molecule has 0 radical (unpaired) electrons. The lowest BCUT2D eigenvalue weighted by molar-refractivity contribution is -0.00332. The van der Waals surface area contributed by atoms with Crippen molar-refractivity contribution >= 4 is 0 Å². The van der Waals surface area contributed by atoms with Crippen LogP contribution in [0.3, 0.4) is 0 Å². The molecule has 2 unspecified atom stereocenters. The summed E-state index contributed by atoms with van der Waals surface area (Å²) in [6, 6.07) is 0.353. The van der Waals surface area contributed by atoms with E-state index in [0.29, 0.717) is 12.6 Å². The van der Waals surface area contributed by atoms with Crippen LogP contribution in [0.5, 0.6) is 0 Å². The molecule has 5 nitrogen and oxygen atoms in total. The van der Waals surface area contributed by atoms with Crippen molar-refractivity contribution in [3.05, 3.63) is 11.4 Å². The van der Waals surface area contributed by atoms with E-state index in [1.165, 1.54) is 25.0 Å². The highest BCUT2D eigenvalue weighted by molar-refractivity contribution is 5.13. The maximum absolute atomic E-state index is 5.87. The first-order valence-electron chi connectivity index (χ1n) is 6.65. The highest BCUT2D eigenvalue weighted by Crippen LogP contribution is 2.27. The zero-order chi connectivity index (χ0) is 11.7. The van der Waals surface area contributed by atoms with Crippen LogP contribution in [0.25, 0.3) is 0 Å². The SMILES string of the molecule is CCCCCc1nnn2c1COC1CNCC12. The molecule has 17 heavy (non-hydrogen) atoms. The van der Waals surface area contributed by atoms with Crippen LogP contribution in [0, 0.1) is 0 Å². The third-order valence-electron chi connectivity index (χ3n) is 3.77. The van der Waals surface area contributed by atoms with E-state index in [1.807, 2.05) is 0 Å². The molecule has 2 aliphatic heterocycles. The van der Waals surface area contributed by atoms with Gasteiger partial charge in [0.1, 0.15) is 0 Å². The van der Waals surface area contributed by atoms with Crippen molar-refractivity contribution in [3.8, 4) is 0 Å². The van der Waals surface area contributed by atoms with Crippen LogP contribution < -0.4 is 5.32 Å². The average Bonchev–Trinajstić information content (AvgIpc) is 2.94. The van der Waals surface area contributed by atoms with Gasteiger partial charge < -0.3 is 10.1 Å². The standard InChI is InChI=1S/C12H20N4O/c1-2-3-4-5-9-11-8-17-12-7-13-6-10(12)16(11)15-14-9/h10,12-13H,2-8H2,1H3. The summed E-state index contributed by atoms with van der Waals surface area (Å²) in [4.78, 5) is 0. The summed E-state index contributed by atoms with van der Waals surface area (Å²) in [6.45, 7) is 4.79. The van der Waals surface area contributed by atoms with E-state index in [0.717, 1.165) is 25.2 Å². The number of ether oxygens (including phenoxy) is 1. The molecule has 0 aliphatic carbocycles. The Morgan fingerprint density at radius 3 is 3.24 bits per heavy atom. The Labute approximate surface area is 102 Å². The molecule has 1 aromatic heterocycles. The fourth-order valence-corrected chi connectivity index (χ4v) is 2.74. The number of nitrogens with zero attached hydrogens (tertiary/aromatic N) is 3. The van der Waals surface area contributed by atoms with Crippen molar-refractivity contribution in [3.63, 3.8) is 0 Å². The summed E-state index contributed by atoms with van der Waals surface area (Å²) < 4.78 is 7.96. The lowest BCUT2D eigenvalue weighted by Crippen LogP contribution is -2.32. The molecule has 0 amide bonds. The minimum absolute atomic E-state index is 0.285. The minimum Gasteiger partial charge on any atom is -0.368 e. The fraction of sp³-hybridized carbons (Fsp3) is 0.833. The molecule has 0 bridgehead atoms. The van der Waals surface area contributed by atoms with Crippen molar-refractivity contribution in [2.24, 2.45) is 0 Å². The number of aryl methyl sites for hydroxylation is 1. The summed E-state index contributed by atoms with van der Waals surface area (Å²) in [6.07, 6.45) is 5.04. The second kappa shape index (κ2) is 4.74. The van der Waals surface area contributed by atoms with Gasteiger partial charge in [-0.25, -0.2) is 4.68 Å². The Morgan fingerprint density at radius 2 is 2.35 bits per heavy atom. The van der Waals surface area contributed by atoms with Gasteiger partial charge >= 0.3 is 0 Å². The number of aromatic nitrogens is 3. The summed E-state index contributed by atoms with van der Waals surface area (Å²) >= 11 is 0. The van der Waals surface area contributed by atoms with E-state index >= 15 is 0 Å². The molecule has 0 spiro atoms. The van der Waals surface area contributed by atoms with Crippen LogP contribution >= 0.6 is 0 Å². The predicted octanol–water partition coefficient (Wildman–Crippen LogP) is 1.05.